The topological polar surface area (TPSA) is 84.6 Å². The molecule has 19 heavy (non-hydrogen) atoms. The maximum absolute atomic E-state index is 11.3. The van der Waals surface area contributed by atoms with Crippen molar-refractivity contribution in [2.75, 3.05) is 13.2 Å². The third kappa shape index (κ3) is 8.42. The highest BCUT2D eigenvalue weighted by Gasteiger charge is 2.03. The van der Waals surface area contributed by atoms with E-state index in [4.69, 9.17) is 15.6 Å². The molecule has 0 heterocycles. The maximum Gasteiger partial charge on any atom is 0.407 e. The lowest BCUT2D eigenvalue weighted by Crippen LogP contribution is -2.28. The fraction of sp³-hybridized carbons (Fsp3) is 0.462. The fourth-order valence-electron chi connectivity index (χ4n) is 1.42. The van der Waals surface area contributed by atoms with Gasteiger partial charge < -0.3 is 20.9 Å². The molecule has 0 bridgehead atoms. The number of nitrogens with two attached hydrogens (primary N) is 1. The molecule has 1 aromatic rings. The number of hydrogen-bond acceptors (Lipinski definition) is 4. The van der Waals surface area contributed by atoms with Gasteiger partial charge in [-0.1, -0.05) is 30.3 Å². The lowest BCUT2D eigenvalue weighted by atomic mass is 10.2. The summed E-state index contributed by atoms with van der Waals surface area (Å²) in [7, 11) is 0. The number of alkyl carbamates (subject to hydrolysis) is 1. The van der Waals surface area contributed by atoms with Gasteiger partial charge in [0.25, 0.3) is 0 Å². The van der Waals surface area contributed by atoms with Crippen molar-refractivity contribution in [2.45, 2.75) is 25.5 Å². The summed E-state index contributed by atoms with van der Waals surface area (Å²) in [5, 5.41) is 11.4. The first kappa shape index (κ1) is 17.7. The van der Waals surface area contributed by atoms with Crippen LogP contribution < -0.4 is 11.1 Å². The highest BCUT2D eigenvalue weighted by atomic mass is 35.5. The maximum atomic E-state index is 11.3. The summed E-state index contributed by atoms with van der Waals surface area (Å²) >= 11 is 0. The van der Waals surface area contributed by atoms with Gasteiger partial charge in [-0.3, -0.25) is 0 Å². The zero-order chi connectivity index (χ0) is 13.2. The van der Waals surface area contributed by atoms with Crippen molar-refractivity contribution < 1.29 is 14.6 Å². The van der Waals surface area contributed by atoms with Gasteiger partial charge in [0, 0.05) is 12.6 Å². The van der Waals surface area contributed by atoms with Gasteiger partial charge in [0.05, 0.1) is 6.61 Å². The second-order valence-corrected chi connectivity index (χ2v) is 4.07. The van der Waals surface area contributed by atoms with Crippen LogP contribution in [0.2, 0.25) is 0 Å². The molecule has 1 aromatic carbocycles. The van der Waals surface area contributed by atoms with Crippen LogP contribution in [-0.4, -0.2) is 30.4 Å². The molecule has 5 nitrogen and oxygen atoms in total. The van der Waals surface area contributed by atoms with Crippen molar-refractivity contribution in [1.29, 1.82) is 0 Å². The number of rotatable bonds is 7. The second kappa shape index (κ2) is 10.6. The first-order valence-corrected chi connectivity index (χ1v) is 6.03. The van der Waals surface area contributed by atoms with Gasteiger partial charge in [-0.15, -0.1) is 12.4 Å². The third-order valence-electron chi connectivity index (χ3n) is 2.47. The van der Waals surface area contributed by atoms with Crippen molar-refractivity contribution in [3.63, 3.8) is 0 Å². The van der Waals surface area contributed by atoms with Crippen molar-refractivity contribution in [1.82, 2.24) is 5.32 Å². The Morgan fingerprint density at radius 3 is 2.68 bits per heavy atom. The smallest absolute Gasteiger partial charge is 0.407 e. The van der Waals surface area contributed by atoms with E-state index >= 15 is 0 Å². The molecule has 0 saturated heterocycles. The number of carbonyl (C=O) groups excluding carboxylic acids is 1. The number of benzene rings is 1. The van der Waals surface area contributed by atoms with Crippen molar-refractivity contribution >= 4 is 18.5 Å². The molecular weight excluding hydrogens is 268 g/mol. The van der Waals surface area contributed by atoms with E-state index in [0.29, 0.717) is 13.0 Å². The van der Waals surface area contributed by atoms with Crippen LogP contribution in [0.25, 0.3) is 0 Å². The average molecular weight is 289 g/mol. The Morgan fingerprint density at radius 1 is 1.37 bits per heavy atom. The van der Waals surface area contributed by atoms with Gasteiger partial charge in [-0.05, 0) is 18.4 Å². The normalized spacial score (nSPS) is 11.3. The number of carbonyl (C=O) groups is 1. The summed E-state index contributed by atoms with van der Waals surface area (Å²) < 4.78 is 5.03. The second-order valence-electron chi connectivity index (χ2n) is 4.07. The number of hydrogen-bond donors (Lipinski definition) is 3. The zero-order valence-electron chi connectivity index (χ0n) is 10.7. The minimum absolute atomic E-state index is 0. The number of aliphatic hydroxyl groups excluding tert-OH is 1. The van der Waals surface area contributed by atoms with Crippen LogP contribution in [-0.2, 0) is 11.3 Å². The lowest BCUT2D eigenvalue weighted by molar-refractivity contribution is 0.139. The van der Waals surface area contributed by atoms with Gasteiger partial charge >= 0.3 is 6.09 Å². The number of halogens is 1. The molecule has 108 valence electrons. The van der Waals surface area contributed by atoms with Crippen LogP contribution in [0.3, 0.4) is 0 Å². The van der Waals surface area contributed by atoms with E-state index in [1.807, 2.05) is 30.3 Å². The van der Waals surface area contributed by atoms with Gasteiger partial charge in [0.15, 0.2) is 0 Å². The first-order valence-electron chi connectivity index (χ1n) is 6.03. The van der Waals surface area contributed by atoms with E-state index in [2.05, 4.69) is 5.32 Å². The van der Waals surface area contributed by atoms with Crippen LogP contribution in [0.1, 0.15) is 18.4 Å². The molecule has 0 radical (unpaired) electrons. The Hall–Kier alpha value is -1.30. The van der Waals surface area contributed by atoms with Crippen LogP contribution in [0, 0.1) is 0 Å². The monoisotopic (exact) mass is 288 g/mol. The minimum Gasteiger partial charge on any atom is -0.445 e. The largest absolute Gasteiger partial charge is 0.445 e. The van der Waals surface area contributed by atoms with Crippen molar-refractivity contribution in [3.8, 4) is 0 Å². The predicted octanol–water partition coefficient (Wildman–Crippen LogP) is 1.43. The summed E-state index contributed by atoms with van der Waals surface area (Å²) in [5.74, 6) is 0. The number of nitrogens with one attached hydrogen (secondary N) is 1. The lowest BCUT2D eigenvalue weighted by Gasteiger charge is -2.09. The summed E-state index contributed by atoms with van der Waals surface area (Å²) in [6.45, 7) is 0.739. The van der Waals surface area contributed by atoms with Gasteiger partial charge in [0.1, 0.15) is 6.61 Å². The van der Waals surface area contributed by atoms with Gasteiger partial charge in [-0.25, -0.2) is 4.79 Å². The molecule has 1 amide bonds. The fourth-order valence-corrected chi connectivity index (χ4v) is 1.42. The third-order valence-corrected chi connectivity index (χ3v) is 2.47. The van der Waals surface area contributed by atoms with Gasteiger partial charge in [-0.2, -0.15) is 0 Å². The van der Waals surface area contributed by atoms with Crippen LogP contribution in [0.15, 0.2) is 30.3 Å². The number of aliphatic hydroxyl groups is 1. The molecule has 0 unspecified atom stereocenters. The molecule has 0 fully saturated rings. The van der Waals surface area contributed by atoms with Crippen LogP contribution in [0.5, 0.6) is 0 Å². The molecule has 0 aliphatic heterocycles. The zero-order valence-corrected chi connectivity index (χ0v) is 11.6. The Labute approximate surface area is 119 Å². The highest BCUT2D eigenvalue weighted by Crippen LogP contribution is 2.00. The standard InChI is InChI=1S/C13H20N2O3.ClH/c14-12(9-16)7-4-8-15-13(17)18-10-11-5-2-1-3-6-11;/h1-3,5-6,12,16H,4,7-10,14H2,(H,15,17);1H/t12-;/m1./s1. The Kier molecular flexibility index (Phi) is 9.88. The number of ether oxygens (including phenoxy) is 1. The quantitative estimate of drug-likeness (QED) is 0.663. The summed E-state index contributed by atoms with van der Waals surface area (Å²) in [4.78, 5) is 11.3. The summed E-state index contributed by atoms with van der Waals surface area (Å²) in [6.07, 6.45) is 0.967. The molecule has 0 spiro atoms. The average Bonchev–Trinajstić information content (AvgIpc) is 2.42. The Morgan fingerprint density at radius 2 is 2.05 bits per heavy atom. The van der Waals surface area contributed by atoms with Crippen molar-refractivity contribution in [3.05, 3.63) is 35.9 Å². The first-order chi connectivity index (χ1) is 8.72. The molecule has 0 aromatic heterocycles. The Bertz CT molecular complexity index is 349. The summed E-state index contributed by atoms with van der Waals surface area (Å²) in [6, 6.07) is 9.28. The minimum atomic E-state index is -0.434. The van der Waals surface area contributed by atoms with Gasteiger partial charge in [0.2, 0.25) is 0 Å². The number of amides is 1. The highest BCUT2D eigenvalue weighted by molar-refractivity contribution is 5.85. The Balaban J connectivity index is 0.00000324. The molecule has 0 aliphatic rings. The molecule has 0 saturated carbocycles. The van der Waals surface area contributed by atoms with E-state index in [0.717, 1.165) is 12.0 Å². The van der Waals surface area contributed by atoms with E-state index < -0.39 is 6.09 Å². The SMILES string of the molecule is Cl.N[C@@H](CO)CCCNC(=O)OCc1ccccc1. The van der Waals surface area contributed by atoms with Crippen LogP contribution >= 0.6 is 12.4 Å². The van der Waals surface area contributed by atoms with E-state index in [1.165, 1.54) is 0 Å². The molecule has 0 aliphatic carbocycles. The molecule has 4 N–H and O–H groups in total. The van der Waals surface area contributed by atoms with E-state index in [9.17, 15) is 4.79 Å². The molecule has 1 atom stereocenters. The molecule has 6 heteroatoms. The van der Waals surface area contributed by atoms with E-state index in [1.54, 1.807) is 0 Å². The van der Waals surface area contributed by atoms with Crippen LogP contribution in [0.4, 0.5) is 4.79 Å². The summed E-state index contributed by atoms with van der Waals surface area (Å²) in [5.41, 5.74) is 6.48. The predicted molar refractivity (Wildman–Crippen MR) is 76.2 cm³/mol. The molecular formula is C13H21ClN2O3. The van der Waals surface area contributed by atoms with Crippen molar-refractivity contribution in [2.24, 2.45) is 5.73 Å². The molecule has 1 rings (SSSR count). The van der Waals surface area contributed by atoms with E-state index in [-0.39, 0.29) is 31.7 Å².